The molecule has 1 aliphatic heterocycles. The van der Waals surface area contributed by atoms with Gasteiger partial charge in [-0.15, -0.1) is 0 Å². The summed E-state index contributed by atoms with van der Waals surface area (Å²) in [5.74, 6) is 0.296. The lowest BCUT2D eigenvalue weighted by Gasteiger charge is -2.31. The van der Waals surface area contributed by atoms with Crippen LogP contribution in [0.2, 0.25) is 0 Å². The van der Waals surface area contributed by atoms with Crippen molar-refractivity contribution in [2.45, 2.75) is 26.2 Å². The molecule has 1 fully saturated rings. The van der Waals surface area contributed by atoms with E-state index in [-0.39, 0.29) is 11.8 Å². The Balaban J connectivity index is 1.29. The Labute approximate surface area is 163 Å². The number of carbonyl (C=O) groups excluding carboxylic acids is 1. The van der Waals surface area contributed by atoms with Gasteiger partial charge in [0.05, 0.1) is 10.4 Å². The maximum atomic E-state index is 12.5. The van der Waals surface area contributed by atoms with Crippen LogP contribution in [0.4, 0.5) is 5.13 Å². The molecule has 142 valence electrons. The lowest BCUT2D eigenvalue weighted by Crippen LogP contribution is -2.41. The molecule has 0 spiro atoms. The van der Waals surface area contributed by atoms with E-state index in [4.69, 9.17) is 4.98 Å². The molecule has 0 saturated carbocycles. The Morgan fingerprint density at radius 1 is 1.26 bits per heavy atom. The first-order valence-electron chi connectivity index (χ1n) is 9.48. The maximum absolute atomic E-state index is 12.5. The number of piperidine rings is 1. The topological polar surface area (TPSA) is 63.1 Å². The minimum atomic E-state index is 0.106. The van der Waals surface area contributed by atoms with Gasteiger partial charge in [-0.3, -0.25) is 4.79 Å². The predicted molar refractivity (Wildman–Crippen MR) is 109 cm³/mol. The normalized spacial score (nSPS) is 15.4. The third kappa shape index (κ3) is 3.83. The van der Waals surface area contributed by atoms with E-state index in [0.717, 1.165) is 53.5 Å². The van der Waals surface area contributed by atoms with Crippen molar-refractivity contribution in [3.05, 3.63) is 41.6 Å². The highest BCUT2D eigenvalue weighted by atomic mass is 32.1. The number of aromatic nitrogens is 3. The first-order valence-corrected chi connectivity index (χ1v) is 10.3. The summed E-state index contributed by atoms with van der Waals surface area (Å²) in [7, 11) is 1.94. The highest BCUT2D eigenvalue weighted by molar-refractivity contribution is 7.22. The van der Waals surface area contributed by atoms with Crippen molar-refractivity contribution in [2.24, 2.45) is 13.0 Å². The van der Waals surface area contributed by atoms with Gasteiger partial charge in [-0.05, 0) is 31.7 Å². The number of benzene rings is 1. The molecule has 0 atom stereocenters. The number of hydrogen-bond donors (Lipinski definition) is 1. The number of anilines is 1. The van der Waals surface area contributed by atoms with Crippen LogP contribution >= 0.6 is 11.3 Å². The minimum Gasteiger partial charge on any atom is -0.356 e. The second-order valence-corrected chi connectivity index (χ2v) is 8.12. The van der Waals surface area contributed by atoms with Gasteiger partial charge in [-0.2, -0.15) is 5.10 Å². The molecule has 3 aromatic rings. The van der Waals surface area contributed by atoms with Crippen LogP contribution in [0.15, 0.2) is 30.3 Å². The minimum absolute atomic E-state index is 0.106. The van der Waals surface area contributed by atoms with E-state index >= 15 is 0 Å². The molecule has 0 bridgehead atoms. The van der Waals surface area contributed by atoms with Crippen molar-refractivity contribution in [1.29, 1.82) is 0 Å². The zero-order chi connectivity index (χ0) is 18.8. The number of nitrogens with one attached hydrogen (secondary N) is 1. The molecule has 2 aromatic heterocycles. The number of thiazole rings is 1. The maximum Gasteiger partial charge on any atom is 0.223 e. The largest absolute Gasteiger partial charge is 0.356 e. The number of fused-ring (bicyclic) bond motifs is 1. The molecule has 1 saturated heterocycles. The van der Waals surface area contributed by atoms with Crippen molar-refractivity contribution in [3.8, 4) is 0 Å². The highest BCUT2D eigenvalue weighted by Crippen LogP contribution is 2.32. The lowest BCUT2D eigenvalue weighted by atomic mass is 9.96. The van der Waals surface area contributed by atoms with E-state index in [1.807, 2.05) is 36.9 Å². The Morgan fingerprint density at radius 3 is 2.70 bits per heavy atom. The van der Waals surface area contributed by atoms with Gasteiger partial charge in [0.15, 0.2) is 10.8 Å². The fourth-order valence-electron chi connectivity index (χ4n) is 3.66. The van der Waals surface area contributed by atoms with Crippen LogP contribution in [0.5, 0.6) is 0 Å². The van der Waals surface area contributed by atoms with E-state index in [9.17, 15) is 4.79 Å². The van der Waals surface area contributed by atoms with Gasteiger partial charge in [-0.25, -0.2) is 9.67 Å². The SMILES string of the molecule is Cc1nn(C)c2nc(N3CCC(C(=O)NCCc4ccccc4)CC3)sc12. The molecule has 1 aromatic carbocycles. The van der Waals surface area contributed by atoms with E-state index in [0.29, 0.717) is 6.54 Å². The molecule has 27 heavy (non-hydrogen) atoms. The fraction of sp³-hybridized carbons (Fsp3) is 0.450. The Bertz CT molecular complexity index is 890. The highest BCUT2D eigenvalue weighted by Gasteiger charge is 2.27. The van der Waals surface area contributed by atoms with Gasteiger partial charge in [0.1, 0.15) is 0 Å². The molecule has 1 aliphatic rings. The second kappa shape index (κ2) is 7.68. The van der Waals surface area contributed by atoms with Gasteiger partial charge in [0.2, 0.25) is 5.91 Å². The average Bonchev–Trinajstić information content (AvgIpc) is 3.24. The van der Waals surface area contributed by atoms with Crippen LogP contribution in [0.25, 0.3) is 10.3 Å². The van der Waals surface area contributed by atoms with Crippen molar-refractivity contribution < 1.29 is 4.79 Å². The van der Waals surface area contributed by atoms with Crippen molar-refractivity contribution in [3.63, 3.8) is 0 Å². The first kappa shape index (κ1) is 18.0. The molecule has 3 heterocycles. The number of amides is 1. The summed E-state index contributed by atoms with van der Waals surface area (Å²) >= 11 is 1.70. The summed E-state index contributed by atoms with van der Waals surface area (Å²) in [4.78, 5) is 19.5. The van der Waals surface area contributed by atoms with Crippen LogP contribution in [-0.2, 0) is 18.3 Å². The third-order valence-electron chi connectivity index (χ3n) is 5.23. The molecule has 4 rings (SSSR count). The van der Waals surface area contributed by atoms with Gasteiger partial charge >= 0.3 is 0 Å². The summed E-state index contributed by atoms with van der Waals surface area (Å²) < 4.78 is 3.01. The first-order chi connectivity index (χ1) is 13.1. The predicted octanol–water partition coefficient (Wildman–Crippen LogP) is 2.91. The monoisotopic (exact) mass is 383 g/mol. The second-order valence-electron chi connectivity index (χ2n) is 7.15. The number of hydrogen-bond acceptors (Lipinski definition) is 5. The lowest BCUT2D eigenvalue weighted by molar-refractivity contribution is -0.125. The number of aryl methyl sites for hydroxylation is 2. The summed E-state index contributed by atoms with van der Waals surface area (Å²) in [5.41, 5.74) is 3.24. The molecule has 0 unspecified atom stereocenters. The quantitative estimate of drug-likeness (QED) is 0.736. The molecule has 1 N–H and O–H groups in total. The van der Waals surface area contributed by atoms with E-state index in [2.05, 4.69) is 27.4 Å². The van der Waals surface area contributed by atoms with E-state index in [1.54, 1.807) is 11.3 Å². The summed E-state index contributed by atoms with van der Waals surface area (Å²) in [6.45, 7) is 4.48. The molecular weight excluding hydrogens is 358 g/mol. The van der Waals surface area contributed by atoms with Gasteiger partial charge in [0.25, 0.3) is 0 Å². The van der Waals surface area contributed by atoms with E-state index in [1.165, 1.54) is 5.56 Å². The molecule has 6 nitrogen and oxygen atoms in total. The smallest absolute Gasteiger partial charge is 0.223 e. The standard InChI is InChI=1S/C20H25N5OS/c1-14-17-18(24(2)23-14)22-20(27-17)25-12-9-16(10-13-25)19(26)21-11-8-15-6-4-3-5-7-15/h3-7,16H,8-13H2,1-2H3,(H,21,26). The van der Waals surface area contributed by atoms with Crippen LogP contribution in [0.1, 0.15) is 24.1 Å². The molecule has 7 heteroatoms. The summed E-state index contributed by atoms with van der Waals surface area (Å²) in [6, 6.07) is 10.3. The number of rotatable bonds is 5. The Kier molecular flexibility index (Phi) is 5.11. The van der Waals surface area contributed by atoms with Crippen molar-refractivity contribution in [1.82, 2.24) is 20.1 Å². The fourth-order valence-corrected chi connectivity index (χ4v) is 4.75. The van der Waals surface area contributed by atoms with Gasteiger partial charge < -0.3 is 10.2 Å². The zero-order valence-corrected chi connectivity index (χ0v) is 16.6. The number of nitrogens with zero attached hydrogens (tertiary/aromatic N) is 4. The van der Waals surface area contributed by atoms with Crippen LogP contribution in [0.3, 0.4) is 0 Å². The zero-order valence-electron chi connectivity index (χ0n) is 15.8. The average molecular weight is 384 g/mol. The Morgan fingerprint density at radius 2 is 2.00 bits per heavy atom. The summed E-state index contributed by atoms with van der Waals surface area (Å²) in [5, 5.41) is 8.57. The Hall–Kier alpha value is -2.41. The third-order valence-corrected chi connectivity index (χ3v) is 6.44. The molecular formula is C20H25N5OS. The summed E-state index contributed by atoms with van der Waals surface area (Å²) in [6.07, 6.45) is 2.64. The van der Waals surface area contributed by atoms with Crippen LogP contribution in [-0.4, -0.2) is 40.3 Å². The van der Waals surface area contributed by atoms with Crippen molar-refractivity contribution in [2.75, 3.05) is 24.5 Å². The van der Waals surface area contributed by atoms with E-state index < -0.39 is 0 Å². The molecule has 0 radical (unpaired) electrons. The van der Waals surface area contributed by atoms with Gasteiger partial charge in [0, 0.05) is 32.6 Å². The van der Waals surface area contributed by atoms with Crippen molar-refractivity contribution >= 4 is 32.7 Å². The van der Waals surface area contributed by atoms with Crippen LogP contribution in [0, 0.1) is 12.8 Å². The number of carbonyl (C=O) groups is 1. The molecule has 1 amide bonds. The van der Waals surface area contributed by atoms with Gasteiger partial charge in [-0.1, -0.05) is 41.7 Å². The van der Waals surface area contributed by atoms with Crippen LogP contribution < -0.4 is 10.2 Å². The molecule has 0 aliphatic carbocycles.